The minimum atomic E-state index is 0.638. The minimum Gasteiger partial charge on any atom is -0.309 e. The maximum atomic E-state index is 5.01. The van der Waals surface area contributed by atoms with Crippen LogP contribution < -0.4 is 0 Å². The molecular weight excluding hydrogens is 1590 g/mol. The van der Waals surface area contributed by atoms with Gasteiger partial charge in [-0.2, -0.15) is 0 Å². The minimum absolute atomic E-state index is 0.638. The zero-order valence-corrected chi connectivity index (χ0v) is 70.2. The predicted molar refractivity (Wildman–Crippen MR) is 530 cm³/mol. The zero-order chi connectivity index (χ0) is 82.9. The molecule has 0 amide bonds. The molecule has 588 valence electrons. The molecule has 0 saturated heterocycles. The molecule has 11 heteroatoms. The third-order valence-electron chi connectivity index (χ3n) is 24.9. The summed E-state index contributed by atoms with van der Waals surface area (Å²) in [6, 6.07) is 148. The fraction of sp³-hybridized carbons (Fsp3) is 0.00870. The summed E-state index contributed by atoms with van der Waals surface area (Å²) < 4.78 is 12.9. The van der Waals surface area contributed by atoms with E-state index in [4.69, 9.17) is 29.9 Å². The maximum Gasteiger partial charge on any atom is 0.164 e. The SMILES string of the molecule is c1ccc(-c2nc(-c3ccccc3)nc(-c3ccc(-c4ccc(-n5c6ccccc6c6cc(-c7ccc8c(c7)-c7cc9sc%10ccccc%10c9cc7C8)ccc65)cc4)cc3)n2)cc1.c1ccc(-c2nc(-c3ccccc3)nc(-c3cccc(-c4cccc(-n5c6ccccc6c6cc(-c7ccc8sc9cc%10c(cc9c8c7)sc7ccccc7%10)ccc65)c4)c3)n2)cc1. The van der Waals surface area contributed by atoms with Gasteiger partial charge in [-0.05, 0) is 195 Å². The van der Waals surface area contributed by atoms with Crippen molar-refractivity contribution in [2.45, 2.75) is 6.42 Å². The number of fused-ring (bicyclic) bond motifs is 18. The Balaban J connectivity index is 0.000000137. The average molecular weight is 1660 g/mol. The molecule has 18 aromatic carbocycles. The molecule has 126 heavy (non-hydrogen) atoms. The second-order valence-electron chi connectivity index (χ2n) is 32.4. The Kier molecular flexibility index (Phi) is 17.4. The van der Waals surface area contributed by atoms with E-state index in [1.165, 1.54) is 149 Å². The third kappa shape index (κ3) is 12.8. The molecule has 0 unspecified atom stereocenters. The molecule has 1 aliphatic rings. The number of nitrogens with zero attached hydrogens (tertiary/aromatic N) is 8. The molecule has 7 heterocycles. The van der Waals surface area contributed by atoms with Crippen LogP contribution in [0.4, 0.5) is 0 Å². The summed E-state index contributed by atoms with van der Waals surface area (Å²) in [7, 11) is 0. The standard InChI is InChI=1S/C58H36N4S.C57H34N4S2/c1-3-11-38(12-4-1)56-59-57(39-13-5-2-6-14-39)61-58(60-56)40-21-19-36(20-22-40)37-25-28-45(29-26-37)62-52-17-9-7-15-46(52)50-33-42(27-30-53(50)62)41-23-24-43-31-44-34-51-47-16-8-10-18-54(47)63-55(51)35-49(44)48(43)32-41;1-3-13-35(14-4-1)55-58-56(36-15-5-2-6-16-36)60-57(59-55)41-19-11-17-37(29-41)38-18-12-20-42(30-38)61-49-23-9-7-21-43(49)45-31-39(25-27-50(45)61)40-26-28-52-46(32-40)48-34-53-47(33-54(48)63-52)44-22-8-10-24-51(44)62-53/h1-30,32-35H,31H2;1-34H. The van der Waals surface area contributed by atoms with Gasteiger partial charge < -0.3 is 9.13 Å². The number of aromatic nitrogens is 8. The predicted octanol–water partition coefficient (Wildman–Crippen LogP) is 31.3. The van der Waals surface area contributed by atoms with Crippen LogP contribution in [-0.2, 0) is 6.42 Å². The molecule has 1 aliphatic carbocycles. The Morgan fingerprint density at radius 1 is 0.167 bits per heavy atom. The first-order valence-corrected chi connectivity index (χ1v) is 44.9. The Hall–Kier alpha value is -15.8. The lowest BCUT2D eigenvalue weighted by atomic mass is 9.97. The van der Waals surface area contributed by atoms with E-state index in [2.05, 4.69) is 300 Å². The summed E-state index contributed by atoms with van der Waals surface area (Å²) in [4.78, 5) is 29.6. The summed E-state index contributed by atoms with van der Waals surface area (Å²) in [5.41, 5.74) is 27.6. The normalized spacial score (nSPS) is 11.9. The third-order valence-corrected chi connectivity index (χ3v) is 28.3. The van der Waals surface area contributed by atoms with Crippen molar-refractivity contribution >= 4 is 138 Å². The van der Waals surface area contributed by atoms with Crippen molar-refractivity contribution in [2.24, 2.45) is 0 Å². The Morgan fingerprint density at radius 2 is 0.492 bits per heavy atom. The molecule has 8 nitrogen and oxygen atoms in total. The van der Waals surface area contributed by atoms with Gasteiger partial charge in [0.2, 0.25) is 0 Å². The van der Waals surface area contributed by atoms with Crippen LogP contribution in [0, 0.1) is 0 Å². The van der Waals surface area contributed by atoms with Crippen LogP contribution in [-0.4, -0.2) is 39.0 Å². The molecule has 0 fully saturated rings. The van der Waals surface area contributed by atoms with Gasteiger partial charge in [0.15, 0.2) is 34.9 Å². The van der Waals surface area contributed by atoms with Crippen LogP contribution >= 0.6 is 34.0 Å². The average Bonchev–Trinajstić information content (AvgIpc) is 1.59. The van der Waals surface area contributed by atoms with Crippen LogP contribution in [0.2, 0.25) is 0 Å². The quantitative estimate of drug-likeness (QED) is 0.121. The summed E-state index contributed by atoms with van der Waals surface area (Å²) in [5.74, 6) is 3.89. The van der Waals surface area contributed by atoms with Gasteiger partial charge in [-0.3, -0.25) is 0 Å². The monoisotopic (exact) mass is 1660 g/mol. The lowest BCUT2D eigenvalue weighted by Gasteiger charge is -2.12. The molecule has 0 radical (unpaired) electrons. The summed E-state index contributed by atoms with van der Waals surface area (Å²) in [5, 5.41) is 13.0. The van der Waals surface area contributed by atoms with Crippen molar-refractivity contribution < 1.29 is 0 Å². The van der Waals surface area contributed by atoms with Crippen molar-refractivity contribution in [3.63, 3.8) is 0 Å². The van der Waals surface area contributed by atoms with Crippen LogP contribution in [0.5, 0.6) is 0 Å². The van der Waals surface area contributed by atoms with Crippen molar-refractivity contribution in [3.8, 4) is 135 Å². The van der Waals surface area contributed by atoms with Crippen molar-refractivity contribution in [3.05, 3.63) is 424 Å². The van der Waals surface area contributed by atoms with E-state index in [9.17, 15) is 0 Å². The van der Waals surface area contributed by atoms with E-state index in [1.54, 1.807) is 0 Å². The second kappa shape index (κ2) is 30.1. The van der Waals surface area contributed by atoms with Gasteiger partial charge in [0.1, 0.15) is 0 Å². The van der Waals surface area contributed by atoms with Gasteiger partial charge in [-0.15, -0.1) is 34.0 Å². The van der Waals surface area contributed by atoms with E-state index in [0.29, 0.717) is 34.9 Å². The van der Waals surface area contributed by atoms with Crippen molar-refractivity contribution in [1.29, 1.82) is 0 Å². The van der Waals surface area contributed by atoms with E-state index in [-0.39, 0.29) is 0 Å². The largest absolute Gasteiger partial charge is 0.309 e. The lowest BCUT2D eigenvalue weighted by Crippen LogP contribution is -2.00. The molecule has 0 atom stereocenters. The smallest absolute Gasteiger partial charge is 0.164 e. The number of para-hydroxylation sites is 2. The molecular formula is C115H70N8S3. The number of hydrogen-bond donors (Lipinski definition) is 0. The van der Waals surface area contributed by atoms with Crippen molar-refractivity contribution in [1.82, 2.24) is 39.0 Å². The van der Waals surface area contributed by atoms with Crippen LogP contribution in [0.15, 0.2) is 413 Å². The van der Waals surface area contributed by atoms with Gasteiger partial charge in [0.05, 0.1) is 22.1 Å². The molecule has 26 rings (SSSR count). The van der Waals surface area contributed by atoms with E-state index in [1.807, 2.05) is 155 Å². The Bertz CT molecular complexity index is 8550. The fourth-order valence-corrected chi connectivity index (χ4v) is 22.1. The molecule has 0 N–H and O–H groups in total. The highest BCUT2D eigenvalue weighted by Gasteiger charge is 2.25. The van der Waals surface area contributed by atoms with Gasteiger partial charge in [-0.1, -0.05) is 291 Å². The van der Waals surface area contributed by atoms with Gasteiger partial charge >= 0.3 is 0 Å². The highest BCUT2D eigenvalue weighted by atomic mass is 32.1. The first-order chi connectivity index (χ1) is 62.4. The lowest BCUT2D eigenvalue weighted by molar-refractivity contribution is 1.07. The van der Waals surface area contributed by atoms with Gasteiger partial charge in [0, 0.05) is 127 Å². The van der Waals surface area contributed by atoms with Crippen molar-refractivity contribution in [2.75, 3.05) is 0 Å². The number of benzene rings is 18. The van der Waals surface area contributed by atoms with Gasteiger partial charge in [0.25, 0.3) is 0 Å². The van der Waals surface area contributed by atoms with Gasteiger partial charge in [-0.25, -0.2) is 29.9 Å². The molecule has 25 aromatic rings. The summed E-state index contributed by atoms with van der Waals surface area (Å²) in [6.45, 7) is 0. The Morgan fingerprint density at radius 3 is 1.02 bits per heavy atom. The maximum absolute atomic E-state index is 5.01. The number of thiophene rings is 3. The highest BCUT2D eigenvalue weighted by Crippen LogP contribution is 2.48. The van der Waals surface area contributed by atoms with E-state index < -0.39 is 0 Å². The first kappa shape index (κ1) is 73.0. The van der Waals surface area contributed by atoms with Crippen LogP contribution in [0.3, 0.4) is 0 Å². The molecule has 0 spiro atoms. The van der Waals surface area contributed by atoms with Crippen LogP contribution in [0.25, 0.3) is 239 Å². The topological polar surface area (TPSA) is 87.2 Å². The second-order valence-corrected chi connectivity index (χ2v) is 35.7. The zero-order valence-electron chi connectivity index (χ0n) is 67.8. The molecule has 0 saturated carbocycles. The molecule has 0 aliphatic heterocycles. The van der Waals surface area contributed by atoms with Crippen LogP contribution in [0.1, 0.15) is 11.1 Å². The van der Waals surface area contributed by atoms with E-state index >= 15 is 0 Å². The number of rotatable bonds is 12. The Labute approximate surface area is 736 Å². The summed E-state index contributed by atoms with van der Waals surface area (Å²) in [6.07, 6.45) is 0.980. The highest BCUT2D eigenvalue weighted by molar-refractivity contribution is 7.27. The molecule has 7 aromatic heterocycles. The first-order valence-electron chi connectivity index (χ1n) is 42.5. The van der Waals surface area contributed by atoms with E-state index in [0.717, 1.165) is 73.4 Å². The number of hydrogen-bond acceptors (Lipinski definition) is 9. The fourth-order valence-electron chi connectivity index (χ4n) is 18.8. The summed E-state index contributed by atoms with van der Waals surface area (Å²) >= 11 is 5.67. The molecule has 0 bridgehead atoms.